The number of carboxylic acids is 1. The predicted molar refractivity (Wildman–Crippen MR) is 77.1 cm³/mol. The molecule has 20 heavy (non-hydrogen) atoms. The molecule has 2 heterocycles. The Kier molecular flexibility index (Phi) is 2.78. The van der Waals surface area contributed by atoms with Crippen LogP contribution in [0.25, 0.3) is 16.8 Å². The van der Waals surface area contributed by atoms with E-state index in [1.165, 1.54) is 5.56 Å². The molecule has 0 aliphatic heterocycles. The number of carboxylic acid groups (broad SMARTS) is 1. The molecule has 1 aromatic carbocycles. The van der Waals surface area contributed by atoms with Gasteiger partial charge in [0.15, 0.2) is 0 Å². The fraction of sp³-hybridized carbons (Fsp3) is 0.333. The number of aryl methyl sites for hydroxylation is 1. The van der Waals surface area contributed by atoms with Gasteiger partial charge in [-0.25, -0.2) is 4.98 Å². The summed E-state index contributed by atoms with van der Waals surface area (Å²) in [5, 5.41) is 8.94. The number of benzene rings is 1. The summed E-state index contributed by atoms with van der Waals surface area (Å²) in [4.78, 5) is 15.6. The summed E-state index contributed by atoms with van der Waals surface area (Å²) >= 11 is 0. The molecule has 5 nitrogen and oxygen atoms in total. The number of hydrogen-bond acceptors (Lipinski definition) is 2. The Hall–Kier alpha value is -2.30. The van der Waals surface area contributed by atoms with Crippen LogP contribution in [0.5, 0.6) is 0 Å². The van der Waals surface area contributed by atoms with Crippen LogP contribution in [0.3, 0.4) is 0 Å². The van der Waals surface area contributed by atoms with Crippen molar-refractivity contribution in [3.8, 4) is 0 Å². The molecule has 0 bridgehead atoms. The van der Waals surface area contributed by atoms with Gasteiger partial charge in [0.1, 0.15) is 0 Å². The van der Waals surface area contributed by atoms with Gasteiger partial charge in [0, 0.05) is 18.9 Å². The smallest absolute Gasteiger partial charge is 0.309 e. The van der Waals surface area contributed by atoms with E-state index in [1.807, 2.05) is 34.3 Å². The number of para-hydroxylation sites is 1. The number of imidazole rings is 2. The molecule has 0 radical (unpaired) electrons. The van der Waals surface area contributed by atoms with Gasteiger partial charge in [0.05, 0.1) is 17.5 Å². The van der Waals surface area contributed by atoms with E-state index in [1.54, 1.807) is 0 Å². The summed E-state index contributed by atoms with van der Waals surface area (Å²) < 4.78 is 3.82. The number of fused-ring (bicyclic) bond motifs is 3. The average molecular weight is 271 g/mol. The first kappa shape index (κ1) is 12.7. The highest BCUT2D eigenvalue weighted by molar-refractivity contribution is 5.83. The molecular formula is C15H17N3O2. The van der Waals surface area contributed by atoms with E-state index in [2.05, 4.69) is 19.9 Å². The van der Waals surface area contributed by atoms with Gasteiger partial charge in [-0.3, -0.25) is 9.20 Å². The quantitative estimate of drug-likeness (QED) is 0.796. The first-order valence-corrected chi connectivity index (χ1v) is 6.66. The number of aliphatic carboxylic acids is 1. The number of nitrogens with zero attached hydrogens (tertiary/aromatic N) is 3. The molecule has 2 aromatic heterocycles. The number of aromatic nitrogens is 3. The summed E-state index contributed by atoms with van der Waals surface area (Å²) in [6, 6.07) is 6.14. The third kappa shape index (κ3) is 1.78. The molecule has 0 atom stereocenters. The maximum atomic E-state index is 10.9. The maximum absolute atomic E-state index is 10.9. The third-order valence-electron chi connectivity index (χ3n) is 3.70. The summed E-state index contributed by atoms with van der Waals surface area (Å²) in [5.74, 6) is 0.354. The molecule has 104 valence electrons. The van der Waals surface area contributed by atoms with E-state index in [4.69, 9.17) is 10.1 Å². The van der Waals surface area contributed by atoms with Gasteiger partial charge in [-0.05, 0) is 17.5 Å². The van der Waals surface area contributed by atoms with Crippen molar-refractivity contribution in [3.05, 3.63) is 35.7 Å². The highest BCUT2D eigenvalue weighted by atomic mass is 16.4. The molecule has 0 amide bonds. The second-order valence-electron chi connectivity index (χ2n) is 5.40. The monoisotopic (exact) mass is 271 g/mol. The van der Waals surface area contributed by atoms with E-state index in [0.29, 0.717) is 5.92 Å². The van der Waals surface area contributed by atoms with Crippen LogP contribution in [-0.4, -0.2) is 25.0 Å². The maximum Gasteiger partial charge on any atom is 0.309 e. The third-order valence-corrected chi connectivity index (χ3v) is 3.70. The predicted octanol–water partition coefficient (Wildman–Crippen LogP) is 2.58. The minimum atomic E-state index is -0.832. The van der Waals surface area contributed by atoms with Crippen molar-refractivity contribution >= 4 is 22.8 Å². The Labute approximate surface area is 116 Å². The van der Waals surface area contributed by atoms with E-state index in [0.717, 1.165) is 22.5 Å². The van der Waals surface area contributed by atoms with E-state index >= 15 is 0 Å². The minimum absolute atomic E-state index is 0.00518. The van der Waals surface area contributed by atoms with Crippen molar-refractivity contribution in [2.24, 2.45) is 7.05 Å². The van der Waals surface area contributed by atoms with Gasteiger partial charge in [-0.1, -0.05) is 26.0 Å². The first-order chi connectivity index (χ1) is 9.49. The topological polar surface area (TPSA) is 59.5 Å². The van der Waals surface area contributed by atoms with Crippen molar-refractivity contribution in [1.29, 1.82) is 0 Å². The molecule has 0 fully saturated rings. The lowest BCUT2D eigenvalue weighted by molar-refractivity contribution is -0.136. The molecule has 3 aromatic rings. The second-order valence-corrected chi connectivity index (χ2v) is 5.40. The van der Waals surface area contributed by atoms with Crippen LogP contribution in [0.15, 0.2) is 24.4 Å². The Balaban J connectivity index is 2.29. The second kappa shape index (κ2) is 4.37. The van der Waals surface area contributed by atoms with Crippen LogP contribution < -0.4 is 0 Å². The molecule has 0 saturated heterocycles. The largest absolute Gasteiger partial charge is 0.481 e. The van der Waals surface area contributed by atoms with Crippen LogP contribution in [0, 0.1) is 0 Å². The summed E-state index contributed by atoms with van der Waals surface area (Å²) in [7, 11) is 1.86. The Bertz CT molecular complexity index is 811. The zero-order valence-corrected chi connectivity index (χ0v) is 11.8. The number of rotatable bonds is 3. The van der Waals surface area contributed by atoms with Gasteiger partial charge >= 0.3 is 5.97 Å². The van der Waals surface area contributed by atoms with Gasteiger partial charge in [0.25, 0.3) is 0 Å². The van der Waals surface area contributed by atoms with Crippen LogP contribution in [0.2, 0.25) is 0 Å². The lowest BCUT2D eigenvalue weighted by atomic mass is 10.0. The summed E-state index contributed by atoms with van der Waals surface area (Å²) in [6.07, 6.45) is 1.87. The molecule has 3 rings (SSSR count). The number of carbonyl (C=O) groups is 1. The van der Waals surface area contributed by atoms with Gasteiger partial charge in [0.2, 0.25) is 5.78 Å². The normalized spacial score (nSPS) is 11.8. The van der Waals surface area contributed by atoms with E-state index in [-0.39, 0.29) is 6.42 Å². The number of hydrogen-bond donors (Lipinski definition) is 1. The molecule has 5 heteroatoms. The van der Waals surface area contributed by atoms with E-state index < -0.39 is 5.97 Å². The molecular weight excluding hydrogens is 254 g/mol. The molecule has 0 aliphatic carbocycles. The highest BCUT2D eigenvalue weighted by Crippen LogP contribution is 2.26. The first-order valence-electron chi connectivity index (χ1n) is 6.66. The lowest BCUT2D eigenvalue weighted by Crippen LogP contribution is -2.05. The van der Waals surface area contributed by atoms with Crippen LogP contribution in [0.4, 0.5) is 0 Å². The van der Waals surface area contributed by atoms with Gasteiger partial charge in [-0.15, -0.1) is 0 Å². The van der Waals surface area contributed by atoms with Crippen molar-refractivity contribution in [2.45, 2.75) is 26.2 Å². The van der Waals surface area contributed by atoms with Crippen LogP contribution in [-0.2, 0) is 18.3 Å². The lowest BCUT2D eigenvalue weighted by Gasteiger charge is -2.05. The zero-order valence-electron chi connectivity index (χ0n) is 11.8. The molecule has 1 N–H and O–H groups in total. The van der Waals surface area contributed by atoms with Gasteiger partial charge < -0.3 is 9.67 Å². The van der Waals surface area contributed by atoms with Gasteiger partial charge in [-0.2, -0.15) is 0 Å². The summed E-state index contributed by atoms with van der Waals surface area (Å²) in [5.41, 5.74) is 3.98. The van der Waals surface area contributed by atoms with Crippen molar-refractivity contribution in [3.63, 3.8) is 0 Å². The molecule has 0 spiro atoms. The minimum Gasteiger partial charge on any atom is -0.481 e. The highest BCUT2D eigenvalue weighted by Gasteiger charge is 2.16. The Morgan fingerprint density at radius 2 is 2.15 bits per heavy atom. The van der Waals surface area contributed by atoms with Crippen molar-refractivity contribution < 1.29 is 9.90 Å². The fourth-order valence-electron chi connectivity index (χ4n) is 2.64. The van der Waals surface area contributed by atoms with Crippen molar-refractivity contribution in [1.82, 2.24) is 14.0 Å². The fourth-order valence-corrected chi connectivity index (χ4v) is 2.64. The molecule has 0 unspecified atom stereocenters. The van der Waals surface area contributed by atoms with Crippen molar-refractivity contribution in [2.75, 3.05) is 0 Å². The summed E-state index contributed by atoms with van der Waals surface area (Å²) in [6.45, 7) is 4.29. The SMILES string of the molecule is CC(C)c1cccc2c1nc1n(C)c(CC(=O)O)cn21. The van der Waals surface area contributed by atoms with Crippen LogP contribution in [0.1, 0.15) is 31.0 Å². The molecule has 0 saturated carbocycles. The average Bonchev–Trinajstić information content (AvgIpc) is 2.87. The molecule has 0 aliphatic rings. The standard InChI is InChI=1S/C15H17N3O2/c1-9(2)11-5-4-6-12-14(11)16-15-17(3)10(7-13(19)20)8-18(12)15/h4-6,8-9H,7H2,1-3H3,(H,19,20). The Morgan fingerprint density at radius 1 is 1.40 bits per heavy atom. The Morgan fingerprint density at radius 3 is 2.80 bits per heavy atom. The zero-order chi connectivity index (χ0) is 14.4. The van der Waals surface area contributed by atoms with E-state index in [9.17, 15) is 4.79 Å². The van der Waals surface area contributed by atoms with Crippen LogP contribution >= 0.6 is 0 Å².